The van der Waals surface area contributed by atoms with E-state index in [1.165, 1.54) is 0 Å². The van der Waals surface area contributed by atoms with Crippen LogP contribution in [0.15, 0.2) is 66.7 Å². The first kappa shape index (κ1) is 19.1. The maximum Gasteiger partial charge on any atom is 0.124 e. The van der Waals surface area contributed by atoms with Crippen LogP contribution in [-0.4, -0.2) is 0 Å². The van der Waals surface area contributed by atoms with Crippen LogP contribution in [0.2, 0.25) is 15.1 Å². The van der Waals surface area contributed by atoms with Gasteiger partial charge in [0.05, 0.1) is 0 Å². The Morgan fingerprint density at radius 3 is 2.19 bits per heavy atom. The summed E-state index contributed by atoms with van der Waals surface area (Å²) in [6.45, 7) is 1.76. The molecular formula is C21H18Cl3NO. The Balaban J connectivity index is 1.63. The van der Waals surface area contributed by atoms with Gasteiger partial charge in [-0.25, -0.2) is 0 Å². The zero-order valence-corrected chi connectivity index (χ0v) is 16.3. The van der Waals surface area contributed by atoms with Gasteiger partial charge in [-0.05, 0) is 47.5 Å². The van der Waals surface area contributed by atoms with Crippen LogP contribution in [0.3, 0.4) is 0 Å². The second kappa shape index (κ2) is 9.29. The van der Waals surface area contributed by atoms with Crippen molar-refractivity contribution in [2.24, 2.45) is 0 Å². The Kier molecular flexibility index (Phi) is 6.81. The van der Waals surface area contributed by atoms with Crippen LogP contribution in [0.5, 0.6) is 5.75 Å². The monoisotopic (exact) mass is 405 g/mol. The summed E-state index contributed by atoms with van der Waals surface area (Å²) in [5.74, 6) is 0.802. The molecule has 0 saturated carbocycles. The summed E-state index contributed by atoms with van der Waals surface area (Å²) in [5, 5.41) is 5.54. The number of benzene rings is 3. The molecule has 0 spiro atoms. The predicted octanol–water partition coefficient (Wildman–Crippen LogP) is 6.52. The van der Waals surface area contributed by atoms with Crippen molar-refractivity contribution in [3.63, 3.8) is 0 Å². The lowest BCUT2D eigenvalue weighted by Crippen LogP contribution is -2.14. The number of hydrogen-bond donors (Lipinski definition) is 1. The summed E-state index contributed by atoms with van der Waals surface area (Å²) in [6, 6.07) is 21.0. The molecule has 3 aromatic rings. The van der Waals surface area contributed by atoms with E-state index in [1.54, 1.807) is 0 Å². The van der Waals surface area contributed by atoms with Gasteiger partial charge in [-0.2, -0.15) is 0 Å². The summed E-state index contributed by atoms with van der Waals surface area (Å²) in [7, 11) is 0. The van der Waals surface area contributed by atoms with E-state index in [1.807, 2.05) is 66.7 Å². The molecular weight excluding hydrogens is 389 g/mol. The maximum atomic E-state index is 6.20. The first-order valence-corrected chi connectivity index (χ1v) is 9.35. The van der Waals surface area contributed by atoms with E-state index >= 15 is 0 Å². The minimum Gasteiger partial charge on any atom is -0.489 e. The van der Waals surface area contributed by atoms with Gasteiger partial charge in [-0.3, -0.25) is 0 Å². The second-order valence-corrected chi connectivity index (χ2v) is 7.14. The average molecular weight is 407 g/mol. The summed E-state index contributed by atoms with van der Waals surface area (Å²) in [4.78, 5) is 0. The van der Waals surface area contributed by atoms with Crippen LogP contribution in [0.25, 0.3) is 0 Å². The topological polar surface area (TPSA) is 21.3 Å². The molecule has 0 fully saturated rings. The number of nitrogens with one attached hydrogen (secondary N) is 1. The van der Waals surface area contributed by atoms with Gasteiger partial charge in [0.1, 0.15) is 12.4 Å². The third-order valence-electron chi connectivity index (χ3n) is 3.92. The highest BCUT2D eigenvalue weighted by atomic mass is 35.5. The number of halogens is 3. The first-order chi connectivity index (χ1) is 12.6. The molecule has 0 aliphatic rings. The largest absolute Gasteiger partial charge is 0.489 e. The normalized spacial score (nSPS) is 10.7. The van der Waals surface area contributed by atoms with Gasteiger partial charge in [-0.1, -0.05) is 65.1 Å². The Labute approximate surface area is 168 Å². The van der Waals surface area contributed by atoms with Gasteiger partial charge >= 0.3 is 0 Å². The molecule has 0 heterocycles. The zero-order valence-electron chi connectivity index (χ0n) is 14.0. The van der Waals surface area contributed by atoms with Gasteiger partial charge in [-0.15, -0.1) is 0 Å². The van der Waals surface area contributed by atoms with Crippen molar-refractivity contribution in [2.75, 3.05) is 0 Å². The number of hydrogen-bond acceptors (Lipinski definition) is 2. The van der Waals surface area contributed by atoms with Gasteiger partial charge in [0.2, 0.25) is 0 Å². The Morgan fingerprint density at radius 2 is 1.42 bits per heavy atom. The molecule has 0 aliphatic heterocycles. The maximum absolute atomic E-state index is 6.20. The highest BCUT2D eigenvalue weighted by Crippen LogP contribution is 2.24. The first-order valence-electron chi connectivity index (χ1n) is 8.21. The summed E-state index contributed by atoms with van der Waals surface area (Å²) in [6.07, 6.45) is 0. The smallest absolute Gasteiger partial charge is 0.124 e. The standard InChI is InChI=1S/C21H18Cl3NO/c22-18-7-5-15(6-8-18)14-26-21-10-9-19(23)11-17(21)13-25-12-16-3-1-2-4-20(16)24/h1-11,25H,12-14H2. The fourth-order valence-electron chi connectivity index (χ4n) is 2.54. The second-order valence-electron chi connectivity index (χ2n) is 5.86. The molecule has 0 amide bonds. The van der Waals surface area contributed by atoms with E-state index in [0.29, 0.717) is 29.7 Å². The van der Waals surface area contributed by atoms with Crippen LogP contribution in [-0.2, 0) is 19.7 Å². The Morgan fingerprint density at radius 1 is 0.731 bits per heavy atom. The highest BCUT2D eigenvalue weighted by Gasteiger charge is 2.06. The third-order valence-corrected chi connectivity index (χ3v) is 4.77. The van der Waals surface area contributed by atoms with Crippen molar-refractivity contribution in [1.29, 1.82) is 0 Å². The van der Waals surface area contributed by atoms with Gasteiger partial charge in [0, 0.05) is 33.7 Å². The summed E-state index contributed by atoms with van der Waals surface area (Å²) in [5.41, 5.74) is 3.11. The minimum atomic E-state index is 0.469. The molecule has 26 heavy (non-hydrogen) atoms. The summed E-state index contributed by atoms with van der Waals surface area (Å²) >= 11 is 18.3. The molecule has 3 rings (SSSR count). The molecule has 5 heteroatoms. The molecule has 2 nitrogen and oxygen atoms in total. The molecule has 3 aromatic carbocycles. The van der Waals surface area contributed by atoms with Crippen molar-refractivity contribution in [3.8, 4) is 5.75 Å². The van der Waals surface area contributed by atoms with Crippen LogP contribution >= 0.6 is 34.8 Å². The zero-order chi connectivity index (χ0) is 18.4. The number of ether oxygens (including phenoxy) is 1. The molecule has 1 N–H and O–H groups in total. The van der Waals surface area contributed by atoms with Crippen molar-refractivity contribution in [1.82, 2.24) is 5.32 Å². The average Bonchev–Trinajstić information content (AvgIpc) is 2.64. The van der Waals surface area contributed by atoms with Gasteiger partial charge in [0.15, 0.2) is 0 Å². The molecule has 0 radical (unpaired) electrons. The quantitative estimate of drug-likeness (QED) is 0.482. The lowest BCUT2D eigenvalue weighted by molar-refractivity contribution is 0.302. The molecule has 0 aromatic heterocycles. The molecule has 0 aliphatic carbocycles. The van der Waals surface area contributed by atoms with E-state index in [0.717, 1.165) is 27.5 Å². The van der Waals surface area contributed by atoms with Gasteiger partial charge in [0.25, 0.3) is 0 Å². The van der Waals surface area contributed by atoms with Crippen molar-refractivity contribution < 1.29 is 4.74 Å². The fourth-order valence-corrected chi connectivity index (χ4v) is 3.07. The third kappa shape index (κ3) is 5.39. The van der Waals surface area contributed by atoms with Crippen molar-refractivity contribution in [2.45, 2.75) is 19.7 Å². The van der Waals surface area contributed by atoms with Crippen LogP contribution in [0.4, 0.5) is 0 Å². The van der Waals surface area contributed by atoms with Gasteiger partial charge < -0.3 is 10.1 Å². The van der Waals surface area contributed by atoms with Crippen LogP contribution in [0.1, 0.15) is 16.7 Å². The molecule has 134 valence electrons. The highest BCUT2D eigenvalue weighted by molar-refractivity contribution is 6.31. The molecule has 0 bridgehead atoms. The lowest BCUT2D eigenvalue weighted by Gasteiger charge is -2.13. The fraction of sp³-hybridized carbons (Fsp3) is 0.143. The lowest BCUT2D eigenvalue weighted by atomic mass is 10.1. The van der Waals surface area contributed by atoms with Crippen molar-refractivity contribution >= 4 is 34.8 Å². The van der Waals surface area contributed by atoms with E-state index in [2.05, 4.69) is 5.32 Å². The van der Waals surface area contributed by atoms with Crippen molar-refractivity contribution in [3.05, 3.63) is 98.5 Å². The van der Waals surface area contributed by atoms with E-state index in [9.17, 15) is 0 Å². The Hall–Kier alpha value is -1.71. The predicted molar refractivity (Wildman–Crippen MR) is 109 cm³/mol. The van der Waals surface area contributed by atoms with E-state index in [-0.39, 0.29) is 0 Å². The Bertz CT molecular complexity index is 865. The van der Waals surface area contributed by atoms with Crippen LogP contribution in [0, 0.1) is 0 Å². The minimum absolute atomic E-state index is 0.469. The molecule has 0 atom stereocenters. The molecule has 0 unspecified atom stereocenters. The van der Waals surface area contributed by atoms with E-state index in [4.69, 9.17) is 39.5 Å². The SMILES string of the molecule is Clc1ccc(COc2ccc(Cl)cc2CNCc2ccccc2Cl)cc1. The number of rotatable bonds is 7. The molecule has 0 saturated heterocycles. The van der Waals surface area contributed by atoms with E-state index < -0.39 is 0 Å². The summed E-state index contributed by atoms with van der Waals surface area (Å²) < 4.78 is 5.98. The van der Waals surface area contributed by atoms with Crippen LogP contribution < -0.4 is 10.1 Å².